The molecule has 2 aromatic carbocycles. The number of ketones is 2. The third-order valence-corrected chi connectivity index (χ3v) is 8.02. The number of hydrogen-bond acceptors (Lipinski definition) is 6. The van der Waals surface area contributed by atoms with Gasteiger partial charge in [0.2, 0.25) is 11.7 Å². The van der Waals surface area contributed by atoms with E-state index in [-0.39, 0.29) is 43.7 Å². The molecule has 41 heavy (non-hydrogen) atoms. The molecule has 1 aliphatic carbocycles. The highest BCUT2D eigenvalue weighted by Gasteiger charge is 2.42. The number of likely N-dealkylation sites (tertiary alicyclic amines) is 1. The normalized spacial score (nSPS) is 21.1. The first kappa shape index (κ1) is 28.2. The van der Waals surface area contributed by atoms with Crippen LogP contribution in [0.2, 0.25) is 0 Å². The molecule has 1 aliphatic heterocycles. The molecular weight excluding hydrogens is 524 g/mol. The summed E-state index contributed by atoms with van der Waals surface area (Å²) in [6, 6.07) is 16.3. The van der Waals surface area contributed by atoms with Crippen molar-refractivity contribution in [2.45, 2.75) is 56.8 Å². The van der Waals surface area contributed by atoms with Crippen LogP contribution in [0.25, 0.3) is 10.9 Å². The van der Waals surface area contributed by atoms with Crippen LogP contribution in [0.3, 0.4) is 0 Å². The van der Waals surface area contributed by atoms with E-state index < -0.39 is 35.6 Å². The molecule has 2 aliphatic rings. The maximum absolute atomic E-state index is 13.7. The summed E-state index contributed by atoms with van der Waals surface area (Å²) < 4.78 is 5.49. The average Bonchev–Trinajstić information content (AvgIpc) is 3.73. The van der Waals surface area contributed by atoms with Gasteiger partial charge in [-0.1, -0.05) is 48.5 Å². The number of rotatable bonds is 10. The number of aromatic amines is 1. The van der Waals surface area contributed by atoms with Crippen molar-refractivity contribution < 1.29 is 28.7 Å². The van der Waals surface area contributed by atoms with E-state index >= 15 is 0 Å². The topological polar surface area (TPSA) is 138 Å². The predicted molar refractivity (Wildman–Crippen MR) is 151 cm³/mol. The van der Waals surface area contributed by atoms with Crippen molar-refractivity contribution in [3.05, 3.63) is 71.9 Å². The van der Waals surface area contributed by atoms with E-state index in [0.717, 1.165) is 16.5 Å². The molecule has 1 saturated heterocycles. The van der Waals surface area contributed by atoms with Crippen LogP contribution in [0.1, 0.15) is 48.2 Å². The number of carbonyl (C=O) groups excluding carboxylic acids is 5. The van der Waals surface area contributed by atoms with E-state index in [1.807, 2.05) is 54.6 Å². The third kappa shape index (κ3) is 6.38. The first-order chi connectivity index (χ1) is 19.8. The summed E-state index contributed by atoms with van der Waals surface area (Å²) in [6.07, 6.45) is 1.63. The molecule has 3 N–H and O–H groups in total. The second kappa shape index (κ2) is 12.5. The van der Waals surface area contributed by atoms with Crippen LogP contribution in [0.5, 0.6) is 0 Å². The van der Waals surface area contributed by atoms with E-state index in [1.54, 1.807) is 6.07 Å². The van der Waals surface area contributed by atoms with Gasteiger partial charge in [0.1, 0.15) is 17.5 Å². The lowest BCUT2D eigenvalue weighted by molar-refractivity contribution is -0.141. The SMILES string of the molecule is CO[C@@H]1C[C@@H](C(=O)NC(C[C@@H]2CCCC2=O)C(=O)C(=O)NCc2ccccc2)N(C(=O)c2cc3ccccc3[nH]2)C1. The van der Waals surface area contributed by atoms with Gasteiger partial charge >= 0.3 is 0 Å². The van der Waals surface area contributed by atoms with Gasteiger partial charge in [-0.3, -0.25) is 24.0 Å². The third-order valence-electron chi connectivity index (χ3n) is 8.02. The number of nitrogens with one attached hydrogen (secondary N) is 3. The molecule has 1 unspecified atom stereocenters. The number of nitrogens with zero attached hydrogens (tertiary/aromatic N) is 1. The van der Waals surface area contributed by atoms with Gasteiger partial charge in [-0.15, -0.1) is 0 Å². The Labute approximate surface area is 237 Å². The molecule has 0 spiro atoms. The Hall–Kier alpha value is -4.31. The van der Waals surface area contributed by atoms with Gasteiger partial charge in [-0.05, 0) is 37.0 Å². The van der Waals surface area contributed by atoms with E-state index in [2.05, 4.69) is 15.6 Å². The van der Waals surface area contributed by atoms with Crippen LogP contribution in [-0.4, -0.2) is 71.0 Å². The average molecular weight is 559 g/mol. The van der Waals surface area contributed by atoms with Crippen molar-refractivity contribution in [2.75, 3.05) is 13.7 Å². The number of H-pyrrole nitrogens is 1. The highest BCUT2D eigenvalue weighted by atomic mass is 16.5. The van der Waals surface area contributed by atoms with Crippen molar-refractivity contribution in [3.63, 3.8) is 0 Å². The fourth-order valence-electron chi connectivity index (χ4n) is 5.73. The summed E-state index contributed by atoms with van der Waals surface area (Å²) >= 11 is 0. The van der Waals surface area contributed by atoms with E-state index in [1.165, 1.54) is 12.0 Å². The minimum absolute atomic E-state index is 0.0256. The Balaban J connectivity index is 1.33. The highest BCUT2D eigenvalue weighted by Crippen LogP contribution is 2.27. The van der Waals surface area contributed by atoms with Gasteiger partial charge in [-0.2, -0.15) is 0 Å². The maximum atomic E-state index is 13.7. The molecule has 2 fully saturated rings. The highest BCUT2D eigenvalue weighted by molar-refractivity contribution is 6.38. The molecule has 3 aromatic rings. The number of methoxy groups -OCH3 is 1. The number of Topliss-reactive ketones (excluding diaryl/α,β-unsaturated/α-hetero) is 2. The molecule has 10 heteroatoms. The van der Waals surface area contributed by atoms with Gasteiger partial charge in [0.25, 0.3) is 11.8 Å². The number of benzene rings is 2. The van der Waals surface area contributed by atoms with Crippen molar-refractivity contribution in [1.29, 1.82) is 0 Å². The van der Waals surface area contributed by atoms with Gasteiger partial charge in [0, 0.05) is 49.9 Å². The second-order valence-corrected chi connectivity index (χ2v) is 10.7. The molecule has 2 heterocycles. The quantitative estimate of drug-likeness (QED) is 0.327. The van der Waals surface area contributed by atoms with Crippen LogP contribution >= 0.6 is 0 Å². The number of aromatic nitrogens is 1. The van der Waals surface area contributed by atoms with Crippen molar-refractivity contribution in [3.8, 4) is 0 Å². The summed E-state index contributed by atoms with van der Waals surface area (Å²) in [6.45, 7) is 0.347. The molecule has 1 saturated carbocycles. The summed E-state index contributed by atoms with van der Waals surface area (Å²) in [5, 5.41) is 6.22. The minimum atomic E-state index is -1.20. The molecule has 1 aromatic heterocycles. The molecule has 4 atom stereocenters. The Morgan fingerprint density at radius 2 is 1.83 bits per heavy atom. The molecule has 0 bridgehead atoms. The van der Waals surface area contributed by atoms with Crippen molar-refractivity contribution in [1.82, 2.24) is 20.5 Å². The number of amides is 3. The predicted octanol–water partition coefficient (Wildman–Crippen LogP) is 2.53. The summed E-state index contributed by atoms with van der Waals surface area (Å²) in [5.41, 5.74) is 1.96. The molecule has 3 amide bonds. The largest absolute Gasteiger partial charge is 0.380 e. The van der Waals surface area contributed by atoms with Crippen molar-refractivity contribution >= 4 is 40.2 Å². The number of carbonyl (C=O) groups is 5. The molecule has 214 valence electrons. The standard InChI is InChI=1S/C31H34N4O6/c1-41-22-16-26(35(18-22)31(40)25-14-20-10-5-6-12-23(20)33-25)29(38)34-24(15-21-11-7-13-27(21)36)28(37)30(39)32-17-19-8-3-2-4-9-19/h2-6,8-10,12,14,21-22,24,26,33H,7,11,13,15-18H2,1H3,(H,32,39)(H,34,38)/t21-,22+,24?,26-/m0/s1. The minimum Gasteiger partial charge on any atom is -0.380 e. The lowest BCUT2D eigenvalue weighted by Crippen LogP contribution is -2.54. The lowest BCUT2D eigenvalue weighted by Gasteiger charge is -2.26. The zero-order valence-corrected chi connectivity index (χ0v) is 22.9. The summed E-state index contributed by atoms with van der Waals surface area (Å²) in [5.74, 6) is -2.96. The zero-order valence-electron chi connectivity index (χ0n) is 22.9. The fourth-order valence-corrected chi connectivity index (χ4v) is 5.73. The summed E-state index contributed by atoms with van der Waals surface area (Å²) in [7, 11) is 1.52. The van der Waals surface area contributed by atoms with Crippen LogP contribution in [-0.2, 0) is 30.5 Å². The number of para-hydroxylation sites is 1. The first-order valence-electron chi connectivity index (χ1n) is 13.9. The number of hydrogen-bond donors (Lipinski definition) is 3. The number of fused-ring (bicyclic) bond motifs is 1. The van der Waals surface area contributed by atoms with Crippen LogP contribution in [0.15, 0.2) is 60.7 Å². The van der Waals surface area contributed by atoms with E-state index in [9.17, 15) is 24.0 Å². The molecule has 0 radical (unpaired) electrons. The van der Waals surface area contributed by atoms with E-state index in [0.29, 0.717) is 25.0 Å². The van der Waals surface area contributed by atoms with Crippen molar-refractivity contribution in [2.24, 2.45) is 5.92 Å². The lowest BCUT2D eigenvalue weighted by atomic mass is 9.94. The monoisotopic (exact) mass is 558 g/mol. The second-order valence-electron chi connectivity index (χ2n) is 10.7. The Morgan fingerprint density at radius 3 is 2.54 bits per heavy atom. The van der Waals surface area contributed by atoms with Crippen LogP contribution in [0.4, 0.5) is 0 Å². The molecular formula is C31H34N4O6. The van der Waals surface area contributed by atoms with Gasteiger partial charge in [0.05, 0.1) is 12.1 Å². The fraction of sp³-hybridized carbons (Fsp3) is 0.387. The Bertz CT molecular complexity index is 1420. The zero-order chi connectivity index (χ0) is 28.9. The smallest absolute Gasteiger partial charge is 0.289 e. The van der Waals surface area contributed by atoms with Gasteiger partial charge < -0.3 is 25.3 Å². The maximum Gasteiger partial charge on any atom is 0.289 e. The van der Waals surface area contributed by atoms with E-state index in [4.69, 9.17) is 4.74 Å². The van der Waals surface area contributed by atoms with Crippen LogP contribution < -0.4 is 10.6 Å². The Kier molecular flexibility index (Phi) is 8.58. The van der Waals surface area contributed by atoms with Gasteiger partial charge in [-0.25, -0.2) is 0 Å². The molecule has 5 rings (SSSR count). The van der Waals surface area contributed by atoms with Gasteiger partial charge in [0.15, 0.2) is 0 Å². The number of ether oxygens (including phenoxy) is 1. The summed E-state index contributed by atoms with van der Waals surface area (Å²) in [4.78, 5) is 70.4. The first-order valence-corrected chi connectivity index (χ1v) is 13.9. The van der Waals surface area contributed by atoms with Crippen LogP contribution in [0, 0.1) is 5.92 Å². The Morgan fingerprint density at radius 1 is 1.07 bits per heavy atom. The molecule has 10 nitrogen and oxygen atoms in total.